The summed E-state index contributed by atoms with van der Waals surface area (Å²) >= 11 is 0. The van der Waals surface area contributed by atoms with Crippen LogP contribution in [0.3, 0.4) is 0 Å². The van der Waals surface area contributed by atoms with Gasteiger partial charge < -0.3 is 15.2 Å². The van der Waals surface area contributed by atoms with Crippen LogP contribution in [0.4, 0.5) is 0 Å². The first-order valence-electron chi connectivity index (χ1n) is 6.01. The number of hydrogen-bond acceptors (Lipinski definition) is 4. The molecule has 4 nitrogen and oxygen atoms in total. The lowest BCUT2D eigenvalue weighted by molar-refractivity contribution is 0.0930. The van der Waals surface area contributed by atoms with Gasteiger partial charge in [-0.15, -0.1) is 0 Å². The van der Waals surface area contributed by atoms with E-state index in [0.29, 0.717) is 19.3 Å². The number of likely N-dealkylation sites (N-methyl/N-ethyl adjacent to an activating group) is 1. The fourth-order valence-electron chi connectivity index (χ4n) is 2.12. The van der Waals surface area contributed by atoms with E-state index in [9.17, 15) is 0 Å². The van der Waals surface area contributed by atoms with Crippen molar-refractivity contribution in [3.8, 4) is 0 Å². The Morgan fingerprint density at radius 2 is 2.33 bits per heavy atom. The Hall–Kier alpha value is -0.160. The van der Waals surface area contributed by atoms with Crippen LogP contribution in [0.2, 0.25) is 0 Å². The third-order valence-corrected chi connectivity index (χ3v) is 2.94. The zero-order chi connectivity index (χ0) is 10.9. The number of nitrogens with one attached hydrogen (secondary N) is 1. The van der Waals surface area contributed by atoms with Gasteiger partial charge in [0.2, 0.25) is 0 Å². The van der Waals surface area contributed by atoms with E-state index in [1.54, 1.807) is 0 Å². The second kappa shape index (κ2) is 8.05. The summed E-state index contributed by atoms with van der Waals surface area (Å²) in [5, 5.41) is 11.9. The first kappa shape index (κ1) is 12.9. The van der Waals surface area contributed by atoms with Crippen molar-refractivity contribution in [3.05, 3.63) is 0 Å². The molecule has 0 saturated carbocycles. The summed E-state index contributed by atoms with van der Waals surface area (Å²) in [5.74, 6) is 0. The standard InChI is InChI=1S/C11H24N2O2/c1-2-13-6-3-4-11(13)10-12-5-8-15-9-7-14/h11-12,14H,2-10H2,1H3. The fraction of sp³-hybridized carbons (Fsp3) is 1.00. The summed E-state index contributed by atoms with van der Waals surface area (Å²) in [4.78, 5) is 2.53. The summed E-state index contributed by atoms with van der Waals surface area (Å²) in [6.07, 6.45) is 2.65. The van der Waals surface area contributed by atoms with E-state index in [1.807, 2.05) is 0 Å². The monoisotopic (exact) mass is 216 g/mol. The Labute approximate surface area is 92.6 Å². The summed E-state index contributed by atoms with van der Waals surface area (Å²) in [7, 11) is 0. The summed E-state index contributed by atoms with van der Waals surface area (Å²) in [5.41, 5.74) is 0. The number of aliphatic hydroxyl groups excluding tert-OH is 1. The lowest BCUT2D eigenvalue weighted by Gasteiger charge is -2.22. The molecule has 15 heavy (non-hydrogen) atoms. The molecule has 0 amide bonds. The maximum absolute atomic E-state index is 8.51. The lowest BCUT2D eigenvalue weighted by Crippen LogP contribution is -2.38. The van der Waals surface area contributed by atoms with Crippen LogP contribution in [0, 0.1) is 0 Å². The van der Waals surface area contributed by atoms with Gasteiger partial charge in [0.25, 0.3) is 0 Å². The summed E-state index contributed by atoms with van der Waals surface area (Å²) in [6.45, 7) is 7.85. The van der Waals surface area contributed by atoms with Gasteiger partial charge in [-0.1, -0.05) is 6.92 Å². The van der Waals surface area contributed by atoms with Crippen LogP contribution in [0.15, 0.2) is 0 Å². The van der Waals surface area contributed by atoms with Crippen molar-refractivity contribution in [2.24, 2.45) is 0 Å². The second-order valence-corrected chi connectivity index (χ2v) is 3.96. The number of rotatable bonds is 8. The molecule has 0 spiro atoms. The SMILES string of the molecule is CCN1CCCC1CNCCOCCO. The first-order chi connectivity index (χ1) is 7.38. The maximum Gasteiger partial charge on any atom is 0.0698 e. The molecule has 2 N–H and O–H groups in total. The average Bonchev–Trinajstić information content (AvgIpc) is 2.70. The van der Waals surface area contributed by atoms with Gasteiger partial charge in [-0.3, -0.25) is 4.90 Å². The minimum atomic E-state index is 0.117. The first-order valence-corrected chi connectivity index (χ1v) is 6.01. The van der Waals surface area contributed by atoms with E-state index in [2.05, 4.69) is 17.1 Å². The molecule has 1 saturated heterocycles. The van der Waals surface area contributed by atoms with Gasteiger partial charge in [-0.25, -0.2) is 0 Å². The van der Waals surface area contributed by atoms with Gasteiger partial charge in [0.05, 0.1) is 19.8 Å². The van der Waals surface area contributed by atoms with Gasteiger partial charge in [0, 0.05) is 19.1 Å². The highest BCUT2D eigenvalue weighted by Crippen LogP contribution is 2.15. The van der Waals surface area contributed by atoms with Crippen LogP contribution in [0.25, 0.3) is 0 Å². The van der Waals surface area contributed by atoms with Crippen molar-refractivity contribution in [2.45, 2.75) is 25.8 Å². The van der Waals surface area contributed by atoms with Crippen LogP contribution >= 0.6 is 0 Å². The molecule has 1 fully saturated rings. The topological polar surface area (TPSA) is 44.7 Å². The summed E-state index contributed by atoms with van der Waals surface area (Å²) in [6, 6.07) is 0.716. The molecule has 1 heterocycles. The number of ether oxygens (including phenoxy) is 1. The van der Waals surface area contributed by atoms with Crippen molar-refractivity contribution in [2.75, 3.05) is 46.0 Å². The van der Waals surface area contributed by atoms with Gasteiger partial charge in [0.1, 0.15) is 0 Å². The Morgan fingerprint density at radius 1 is 1.47 bits per heavy atom. The van der Waals surface area contributed by atoms with Crippen molar-refractivity contribution in [1.29, 1.82) is 0 Å². The van der Waals surface area contributed by atoms with Crippen LogP contribution in [-0.4, -0.2) is 62.0 Å². The molecule has 1 aliphatic rings. The largest absolute Gasteiger partial charge is 0.394 e. The number of aliphatic hydroxyl groups is 1. The van der Waals surface area contributed by atoms with E-state index in [0.717, 1.165) is 19.6 Å². The zero-order valence-corrected chi connectivity index (χ0v) is 9.74. The highest BCUT2D eigenvalue weighted by molar-refractivity contribution is 4.79. The average molecular weight is 216 g/mol. The van der Waals surface area contributed by atoms with Crippen LogP contribution in [0.5, 0.6) is 0 Å². The van der Waals surface area contributed by atoms with Gasteiger partial charge >= 0.3 is 0 Å². The molecule has 0 aliphatic carbocycles. The van der Waals surface area contributed by atoms with Crippen molar-refractivity contribution >= 4 is 0 Å². The molecule has 4 heteroatoms. The molecule has 0 aromatic carbocycles. The minimum absolute atomic E-state index is 0.117. The third kappa shape index (κ3) is 4.93. The maximum atomic E-state index is 8.51. The Bertz CT molecular complexity index is 156. The quantitative estimate of drug-likeness (QED) is 0.564. The smallest absolute Gasteiger partial charge is 0.0698 e. The van der Waals surface area contributed by atoms with Crippen molar-refractivity contribution < 1.29 is 9.84 Å². The molecule has 0 aromatic rings. The van der Waals surface area contributed by atoms with Crippen LogP contribution < -0.4 is 5.32 Å². The summed E-state index contributed by atoms with van der Waals surface area (Å²) < 4.78 is 5.17. The van der Waals surface area contributed by atoms with Gasteiger partial charge in [0.15, 0.2) is 0 Å². The molecule has 1 rings (SSSR count). The van der Waals surface area contributed by atoms with Crippen LogP contribution in [-0.2, 0) is 4.74 Å². The Balaban J connectivity index is 1.95. The highest BCUT2D eigenvalue weighted by atomic mass is 16.5. The van der Waals surface area contributed by atoms with E-state index >= 15 is 0 Å². The number of hydrogen-bond donors (Lipinski definition) is 2. The lowest BCUT2D eigenvalue weighted by atomic mass is 10.2. The van der Waals surface area contributed by atoms with E-state index < -0.39 is 0 Å². The molecule has 90 valence electrons. The van der Waals surface area contributed by atoms with Crippen molar-refractivity contribution in [1.82, 2.24) is 10.2 Å². The molecule has 0 bridgehead atoms. The molecular weight excluding hydrogens is 192 g/mol. The normalized spacial score (nSPS) is 22.4. The van der Waals surface area contributed by atoms with Crippen LogP contribution in [0.1, 0.15) is 19.8 Å². The van der Waals surface area contributed by atoms with Gasteiger partial charge in [-0.2, -0.15) is 0 Å². The second-order valence-electron chi connectivity index (χ2n) is 3.96. The van der Waals surface area contributed by atoms with E-state index in [-0.39, 0.29) is 6.61 Å². The predicted molar refractivity (Wildman–Crippen MR) is 61.0 cm³/mol. The minimum Gasteiger partial charge on any atom is -0.394 e. The number of likely N-dealkylation sites (tertiary alicyclic amines) is 1. The molecule has 1 atom stereocenters. The highest BCUT2D eigenvalue weighted by Gasteiger charge is 2.21. The van der Waals surface area contributed by atoms with E-state index in [4.69, 9.17) is 9.84 Å². The van der Waals surface area contributed by atoms with Gasteiger partial charge in [-0.05, 0) is 25.9 Å². The predicted octanol–water partition coefficient (Wildman–Crippen LogP) is 0.0692. The van der Waals surface area contributed by atoms with Crippen molar-refractivity contribution in [3.63, 3.8) is 0 Å². The zero-order valence-electron chi connectivity index (χ0n) is 9.74. The molecule has 0 aromatic heterocycles. The molecule has 1 aliphatic heterocycles. The fourth-order valence-corrected chi connectivity index (χ4v) is 2.12. The van der Waals surface area contributed by atoms with E-state index in [1.165, 1.54) is 19.4 Å². The Morgan fingerprint density at radius 3 is 3.07 bits per heavy atom. The Kier molecular flexibility index (Phi) is 6.92. The molecular formula is C11H24N2O2. The third-order valence-electron chi connectivity index (χ3n) is 2.94. The molecule has 1 unspecified atom stereocenters. The molecule has 0 radical (unpaired) electrons. The number of nitrogens with zero attached hydrogens (tertiary/aromatic N) is 1.